The van der Waals surface area contributed by atoms with Crippen LogP contribution in [0.1, 0.15) is 17.7 Å². The van der Waals surface area contributed by atoms with Crippen LogP contribution in [0.5, 0.6) is 0 Å². The number of aliphatic hydroxyl groups excluding tert-OH is 8. The fraction of sp³-hybridized carbons (Fsp3) is 0.577. The molecule has 0 radical (unpaired) electrons. The van der Waals surface area contributed by atoms with Gasteiger partial charge in [0.2, 0.25) is 0 Å². The highest BCUT2D eigenvalue weighted by atomic mass is 16.6. The molecule has 0 saturated carbocycles. The van der Waals surface area contributed by atoms with Crippen LogP contribution in [0.4, 0.5) is 0 Å². The van der Waals surface area contributed by atoms with Gasteiger partial charge in [0.05, 0.1) is 24.3 Å². The molecule has 0 amide bonds. The first-order chi connectivity index (χ1) is 18.6. The summed E-state index contributed by atoms with van der Waals surface area (Å²) < 4.78 is 13.1. The minimum absolute atomic E-state index is 0.460. The first-order valence-corrected chi connectivity index (χ1v) is 12.9. The molecule has 2 aliphatic carbocycles. The third-order valence-corrected chi connectivity index (χ3v) is 7.73. The summed E-state index contributed by atoms with van der Waals surface area (Å²) in [6.07, 6.45) is -9.85. The Bertz CT molecular complexity index is 1250. The molecule has 13 heteroatoms. The summed E-state index contributed by atoms with van der Waals surface area (Å²) >= 11 is 0. The van der Waals surface area contributed by atoms with Crippen molar-refractivity contribution in [2.75, 3.05) is 13.2 Å². The monoisotopic (exact) mass is 549 g/mol. The zero-order valence-electron chi connectivity index (χ0n) is 21.3. The maximum atomic E-state index is 10.4. The van der Waals surface area contributed by atoms with Crippen molar-refractivity contribution in [1.82, 2.24) is 9.88 Å². The molecule has 0 aromatic carbocycles. The highest BCUT2D eigenvalue weighted by molar-refractivity contribution is 5.69. The summed E-state index contributed by atoms with van der Waals surface area (Å²) in [4.78, 5) is 4.41. The molecule has 5 aliphatic rings. The highest BCUT2D eigenvalue weighted by Crippen LogP contribution is 2.31. The van der Waals surface area contributed by atoms with Crippen molar-refractivity contribution in [2.45, 2.75) is 74.1 Å². The fourth-order valence-corrected chi connectivity index (χ4v) is 5.38. The molecular formula is C26H35N3O10. The number of fused-ring (bicyclic) bond motifs is 2. The number of pyridine rings is 1. The van der Waals surface area contributed by atoms with Gasteiger partial charge >= 0.3 is 0 Å². The van der Waals surface area contributed by atoms with Gasteiger partial charge in [0.1, 0.15) is 48.8 Å². The Morgan fingerprint density at radius 3 is 2.21 bits per heavy atom. The molecule has 0 bridgehead atoms. The second-order valence-electron chi connectivity index (χ2n) is 10.3. The van der Waals surface area contributed by atoms with Crippen molar-refractivity contribution < 1.29 is 50.3 Å². The highest BCUT2D eigenvalue weighted by Gasteiger charge is 2.44. The van der Waals surface area contributed by atoms with E-state index in [4.69, 9.17) is 9.47 Å². The van der Waals surface area contributed by atoms with Crippen LogP contribution >= 0.6 is 0 Å². The van der Waals surface area contributed by atoms with Crippen LogP contribution in [0.2, 0.25) is 0 Å². The van der Waals surface area contributed by atoms with E-state index in [-0.39, 0.29) is 0 Å². The number of aliphatic hydroxyl groups is 8. The lowest BCUT2D eigenvalue weighted by molar-refractivity contribution is -0.234. The first-order valence-electron chi connectivity index (χ1n) is 12.9. The zero-order valence-corrected chi connectivity index (χ0v) is 21.3. The lowest BCUT2D eigenvalue weighted by Crippen LogP contribution is -2.62. The maximum absolute atomic E-state index is 10.4. The van der Waals surface area contributed by atoms with E-state index in [0.29, 0.717) is 18.2 Å². The second kappa shape index (κ2) is 11.2. The molecule has 9 N–H and O–H groups in total. The number of hydrogen-bond donors (Lipinski definition) is 9. The van der Waals surface area contributed by atoms with Crippen LogP contribution in [-0.2, 0) is 22.9 Å². The van der Waals surface area contributed by atoms with Crippen LogP contribution in [0.15, 0.2) is 35.0 Å². The largest absolute Gasteiger partial charge is 0.394 e. The third-order valence-electron chi connectivity index (χ3n) is 7.73. The summed E-state index contributed by atoms with van der Waals surface area (Å²) in [5, 5.41) is 83.4. The van der Waals surface area contributed by atoms with E-state index in [9.17, 15) is 40.9 Å². The Balaban J connectivity index is 1.44. The number of nitrogens with zero attached hydrogens (tertiary/aromatic N) is 2. The van der Waals surface area contributed by atoms with E-state index < -0.39 is 74.5 Å². The number of benzene rings is 1. The van der Waals surface area contributed by atoms with Crippen molar-refractivity contribution in [3.63, 3.8) is 0 Å². The molecule has 2 fully saturated rings. The van der Waals surface area contributed by atoms with Crippen LogP contribution in [-0.4, -0.2) is 120 Å². The Kier molecular flexibility index (Phi) is 8.08. The van der Waals surface area contributed by atoms with Gasteiger partial charge < -0.3 is 60.2 Å². The average Bonchev–Trinajstić information content (AvgIpc) is 2.94. The Hall–Kier alpha value is -2.43. The molecule has 2 saturated heterocycles. The number of nitrogens with one attached hydrogen (secondary N) is 1. The molecule has 214 valence electrons. The fourth-order valence-electron chi connectivity index (χ4n) is 5.38. The standard InChI is InChI=1S/C26H35N3O10/c1-29-15-7-13(27-25-23(36)21(34)19(32)17(9-30)38-25)4-2-11(15)6-12-3-5-14(8-16(12)29)28-26-24(37)22(35)20(33)18(10-31)39-26/h2,4,6-8,17-26,28,30-37H,3,5,9-10H2,1H3/t17-,18-,19-,20-,21+,22+,23-,24-,25-,26-/m1/s1. The normalized spacial score (nSPS) is 37.5. The van der Waals surface area contributed by atoms with E-state index >= 15 is 0 Å². The number of ether oxygens (including phenoxy) is 2. The SMILES string of the molecule is Cn1c2cc(=N[C@@H]3O[C@H](CO)[C@@H](O)[C@H](O)[C@H]3O)ccc-2cc2c1C=C(N[C@@H]1O[C@H](CO)[C@@H](O)[C@H](O)[C@H]1O)CC2. The van der Waals surface area contributed by atoms with Crippen LogP contribution in [0, 0.1) is 0 Å². The van der Waals surface area contributed by atoms with Gasteiger partial charge in [0.15, 0.2) is 12.5 Å². The average molecular weight is 550 g/mol. The van der Waals surface area contributed by atoms with Gasteiger partial charge in [0.25, 0.3) is 0 Å². The molecule has 0 aromatic rings. The molecule has 39 heavy (non-hydrogen) atoms. The predicted octanol–water partition coefficient (Wildman–Crippen LogP) is -3.49. The van der Waals surface area contributed by atoms with Gasteiger partial charge in [0, 0.05) is 18.4 Å². The minimum atomic E-state index is -1.52. The van der Waals surface area contributed by atoms with Gasteiger partial charge in [-0.05, 0) is 48.2 Å². The van der Waals surface area contributed by atoms with Crippen molar-refractivity contribution in [3.8, 4) is 11.3 Å². The van der Waals surface area contributed by atoms with Crippen molar-refractivity contribution >= 4 is 6.08 Å². The Morgan fingerprint density at radius 2 is 1.51 bits per heavy atom. The van der Waals surface area contributed by atoms with Crippen LogP contribution in [0.3, 0.4) is 0 Å². The molecule has 0 spiro atoms. The molecule has 10 atom stereocenters. The molecule has 3 aliphatic heterocycles. The minimum Gasteiger partial charge on any atom is -0.394 e. The van der Waals surface area contributed by atoms with Crippen LogP contribution < -0.4 is 10.7 Å². The number of rotatable bonds is 5. The topological polar surface area (TPSA) is 210 Å². The lowest BCUT2D eigenvalue weighted by Gasteiger charge is -2.41. The lowest BCUT2D eigenvalue weighted by atomic mass is 9.94. The van der Waals surface area contributed by atoms with Crippen LogP contribution in [0.25, 0.3) is 17.3 Å². The van der Waals surface area contributed by atoms with Crippen molar-refractivity contribution in [3.05, 3.63) is 46.6 Å². The predicted molar refractivity (Wildman–Crippen MR) is 135 cm³/mol. The number of aryl methyl sites for hydroxylation is 1. The van der Waals surface area contributed by atoms with Gasteiger partial charge in [-0.1, -0.05) is 6.07 Å². The molecule has 0 unspecified atom stereocenters. The van der Waals surface area contributed by atoms with Crippen molar-refractivity contribution in [2.24, 2.45) is 12.0 Å². The molecule has 13 nitrogen and oxygen atoms in total. The third kappa shape index (κ3) is 5.23. The molecule has 3 heterocycles. The van der Waals surface area contributed by atoms with Gasteiger partial charge in [-0.15, -0.1) is 0 Å². The summed E-state index contributed by atoms with van der Waals surface area (Å²) in [5.41, 5.74) is 4.46. The maximum Gasteiger partial charge on any atom is 0.177 e. The zero-order chi connectivity index (χ0) is 28.0. The van der Waals surface area contributed by atoms with E-state index in [0.717, 1.165) is 28.2 Å². The summed E-state index contributed by atoms with van der Waals surface area (Å²) in [6, 6.07) is 7.48. The number of allylic oxidation sites excluding steroid dienone is 1. The van der Waals surface area contributed by atoms with E-state index in [1.807, 2.05) is 23.8 Å². The molecular weight excluding hydrogens is 514 g/mol. The summed E-state index contributed by atoms with van der Waals surface area (Å²) in [6.45, 7) is -1.05. The van der Waals surface area contributed by atoms with E-state index in [1.165, 1.54) is 0 Å². The summed E-state index contributed by atoms with van der Waals surface area (Å²) in [7, 11) is 1.88. The summed E-state index contributed by atoms with van der Waals surface area (Å²) in [5.74, 6) is 0. The second-order valence-corrected chi connectivity index (χ2v) is 10.3. The van der Waals surface area contributed by atoms with E-state index in [2.05, 4.69) is 16.4 Å². The van der Waals surface area contributed by atoms with Gasteiger partial charge in [-0.3, -0.25) is 4.99 Å². The van der Waals surface area contributed by atoms with Gasteiger partial charge in [-0.25, -0.2) is 0 Å². The Labute approximate surface area is 223 Å². The van der Waals surface area contributed by atoms with Gasteiger partial charge in [-0.2, -0.15) is 0 Å². The Morgan fingerprint density at radius 1 is 0.846 bits per heavy atom. The van der Waals surface area contributed by atoms with Crippen molar-refractivity contribution in [1.29, 1.82) is 0 Å². The number of hydrogen-bond acceptors (Lipinski definition) is 12. The number of aromatic nitrogens is 1. The first kappa shape index (κ1) is 28.1. The van der Waals surface area contributed by atoms with E-state index in [1.54, 1.807) is 12.1 Å². The smallest absolute Gasteiger partial charge is 0.177 e. The molecule has 0 aromatic heterocycles. The molecule has 5 rings (SSSR count). The quantitative estimate of drug-likeness (QED) is 0.179.